The summed E-state index contributed by atoms with van der Waals surface area (Å²) in [6, 6.07) is 4.49. The van der Waals surface area contributed by atoms with Crippen molar-refractivity contribution in [3.63, 3.8) is 0 Å². The molecule has 146 valence electrons. The minimum absolute atomic E-state index is 0.140. The van der Waals surface area contributed by atoms with E-state index in [1.165, 1.54) is 36.0 Å². The summed E-state index contributed by atoms with van der Waals surface area (Å²) in [6.07, 6.45) is 1.29. The molecule has 0 heterocycles. The molecular formula is C16H23ClN2O5S2. The van der Waals surface area contributed by atoms with E-state index in [-0.39, 0.29) is 16.3 Å². The van der Waals surface area contributed by atoms with Crippen LogP contribution in [0.4, 0.5) is 4.79 Å². The molecule has 1 unspecified atom stereocenters. The summed E-state index contributed by atoms with van der Waals surface area (Å²) in [5.74, 6) is -0.296. The molecule has 0 fully saturated rings. The highest BCUT2D eigenvalue weighted by molar-refractivity contribution is 7.98. The number of nitrogens with one attached hydrogen (secondary N) is 2. The van der Waals surface area contributed by atoms with E-state index in [4.69, 9.17) is 16.3 Å². The molecule has 10 heteroatoms. The van der Waals surface area contributed by atoms with Gasteiger partial charge in [0.15, 0.2) is 0 Å². The molecule has 1 aromatic rings. The predicted molar refractivity (Wildman–Crippen MR) is 103 cm³/mol. The number of ether oxygens (including phenoxy) is 1. The molecular weight excluding hydrogens is 400 g/mol. The lowest BCUT2D eigenvalue weighted by atomic mass is 10.2. The maximum absolute atomic E-state index is 12.4. The average Bonchev–Trinajstić information content (AvgIpc) is 2.49. The van der Waals surface area contributed by atoms with Crippen LogP contribution in [-0.4, -0.2) is 44.1 Å². The minimum atomic E-state index is -4.11. The van der Waals surface area contributed by atoms with Crippen molar-refractivity contribution in [2.45, 2.75) is 43.7 Å². The summed E-state index contributed by atoms with van der Waals surface area (Å²) in [5.41, 5.74) is -0.739. The molecule has 1 atom stereocenters. The lowest BCUT2D eigenvalue weighted by Gasteiger charge is -2.23. The van der Waals surface area contributed by atoms with Crippen LogP contribution in [0.2, 0.25) is 5.02 Å². The number of halogens is 1. The number of thioether (sulfide) groups is 1. The highest BCUT2D eigenvalue weighted by Crippen LogP contribution is 2.15. The molecule has 2 amide bonds. The normalized spacial score (nSPS) is 13.0. The zero-order valence-corrected chi connectivity index (χ0v) is 17.4. The van der Waals surface area contributed by atoms with Crippen molar-refractivity contribution in [2.75, 3.05) is 12.0 Å². The summed E-state index contributed by atoms with van der Waals surface area (Å²) in [4.78, 5) is 24.2. The van der Waals surface area contributed by atoms with E-state index >= 15 is 0 Å². The van der Waals surface area contributed by atoms with Crippen LogP contribution in [0.1, 0.15) is 27.2 Å². The Morgan fingerprint density at radius 3 is 2.50 bits per heavy atom. The number of hydrogen-bond acceptors (Lipinski definition) is 6. The van der Waals surface area contributed by atoms with Gasteiger partial charge in [-0.2, -0.15) is 11.8 Å². The standard InChI is InChI=1S/C16H23ClN2O5S2/c1-16(2,3)24-15(21)18-13(8-9-25-4)14(20)19-26(22,23)12-7-5-6-11(17)10-12/h5-7,10,13H,8-9H2,1-4H3,(H,18,21)(H,19,20). The Kier molecular flexibility index (Phi) is 8.23. The lowest BCUT2D eigenvalue weighted by Crippen LogP contribution is -2.49. The van der Waals surface area contributed by atoms with Crippen molar-refractivity contribution in [2.24, 2.45) is 0 Å². The molecule has 1 aromatic carbocycles. The highest BCUT2D eigenvalue weighted by atomic mass is 35.5. The van der Waals surface area contributed by atoms with E-state index in [2.05, 4.69) is 5.32 Å². The van der Waals surface area contributed by atoms with Crippen LogP contribution in [0, 0.1) is 0 Å². The van der Waals surface area contributed by atoms with Gasteiger partial charge in [0.25, 0.3) is 15.9 Å². The van der Waals surface area contributed by atoms with Crippen molar-refractivity contribution < 1.29 is 22.7 Å². The molecule has 0 bridgehead atoms. The van der Waals surface area contributed by atoms with Gasteiger partial charge < -0.3 is 10.1 Å². The largest absolute Gasteiger partial charge is 0.444 e. The van der Waals surface area contributed by atoms with Crippen LogP contribution in [0.3, 0.4) is 0 Å². The van der Waals surface area contributed by atoms with Crippen molar-refractivity contribution in [3.8, 4) is 0 Å². The number of rotatable bonds is 7. The topological polar surface area (TPSA) is 102 Å². The SMILES string of the molecule is CSCCC(NC(=O)OC(C)(C)C)C(=O)NS(=O)(=O)c1cccc(Cl)c1. The van der Waals surface area contributed by atoms with E-state index in [0.29, 0.717) is 5.75 Å². The summed E-state index contributed by atoms with van der Waals surface area (Å²) >= 11 is 7.26. The summed E-state index contributed by atoms with van der Waals surface area (Å²) in [6.45, 7) is 5.06. The van der Waals surface area contributed by atoms with Gasteiger partial charge in [-0.25, -0.2) is 17.9 Å². The van der Waals surface area contributed by atoms with Gasteiger partial charge >= 0.3 is 6.09 Å². The molecule has 2 N–H and O–H groups in total. The zero-order valence-electron chi connectivity index (χ0n) is 15.0. The third kappa shape index (κ3) is 7.84. The number of benzene rings is 1. The summed E-state index contributed by atoms with van der Waals surface area (Å²) < 4.78 is 31.8. The average molecular weight is 423 g/mol. The monoisotopic (exact) mass is 422 g/mol. The first-order valence-electron chi connectivity index (χ1n) is 7.75. The number of sulfonamides is 1. The molecule has 0 aliphatic heterocycles. The Morgan fingerprint density at radius 1 is 1.31 bits per heavy atom. The molecule has 0 spiro atoms. The molecule has 26 heavy (non-hydrogen) atoms. The van der Waals surface area contributed by atoms with Gasteiger partial charge in [0.1, 0.15) is 11.6 Å². The first-order valence-corrected chi connectivity index (χ1v) is 11.0. The van der Waals surface area contributed by atoms with Gasteiger partial charge in [0, 0.05) is 5.02 Å². The van der Waals surface area contributed by atoms with Crippen molar-refractivity contribution in [1.82, 2.24) is 10.0 Å². The maximum Gasteiger partial charge on any atom is 0.408 e. The van der Waals surface area contributed by atoms with Gasteiger partial charge in [0.2, 0.25) is 0 Å². The molecule has 7 nitrogen and oxygen atoms in total. The smallest absolute Gasteiger partial charge is 0.408 e. The Bertz CT molecular complexity index is 747. The van der Waals surface area contributed by atoms with Crippen molar-refractivity contribution in [3.05, 3.63) is 29.3 Å². The molecule has 0 aliphatic rings. The van der Waals surface area contributed by atoms with Crippen molar-refractivity contribution >= 4 is 45.4 Å². The molecule has 1 rings (SSSR count). The highest BCUT2D eigenvalue weighted by Gasteiger charge is 2.27. The zero-order chi connectivity index (χ0) is 20.0. The number of alkyl carbamates (subject to hydrolysis) is 1. The van der Waals surface area contributed by atoms with Crippen LogP contribution < -0.4 is 10.0 Å². The second-order valence-electron chi connectivity index (χ2n) is 6.41. The van der Waals surface area contributed by atoms with Crippen LogP contribution in [0.15, 0.2) is 29.2 Å². The fourth-order valence-electron chi connectivity index (χ4n) is 1.85. The second-order valence-corrected chi connectivity index (χ2v) is 9.51. The fraction of sp³-hybridized carbons (Fsp3) is 0.500. The predicted octanol–water partition coefficient (Wildman–Crippen LogP) is 2.79. The van der Waals surface area contributed by atoms with E-state index in [1.807, 2.05) is 11.0 Å². The van der Waals surface area contributed by atoms with E-state index in [0.717, 1.165) is 0 Å². The first kappa shape index (κ1) is 22.6. The Morgan fingerprint density at radius 2 is 1.96 bits per heavy atom. The second kappa shape index (κ2) is 9.48. The van der Waals surface area contributed by atoms with E-state index in [1.54, 1.807) is 20.8 Å². The molecule has 0 saturated carbocycles. The molecule has 0 radical (unpaired) electrons. The molecule has 0 aliphatic carbocycles. The van der Waals surface area contributed by atoms with Crippen LogP contribution >= 0.6 is 23.4 Å². The van der Waals surface area contributed by atoms with E-state index < -0.39 is 33.7 Å². The number of carbonyl (C=O) groups excluding carboxylic acids is 2. The van der Waals surface area contributed by atoms with Gasteiger partial charge in [-0.3, -0.25) is 4.79 Å². The Labute approximate surface area is 163 Å². The molecule has 0 saturated heterocycles. The quantitative estimate of drug-likeness (QED) is 0.700. The Hall–Kier alpha value is -1.45. The fourth-order valence-corrected chi connectivity index (χ4v) is 3.64. The van der Waals surface area contributed by atoms with Crippen LogP contribution in [0.5, 0.6) is 0 Å². The third-order valence-corrected chi connectivity index (χ3v) is 5.18. The summed E-state index contributed by atoms with van der Waals surface area (Å²) in [5, 5.41) is 2.64. The van der Waals surface area contributed by atoms with E-state index in [9.17, 15) is 18.0 Å². The van der Waals surface area contributed by atoms with Crippen LogP contribution in [0.25, 0.3) is 0 Å². The molecule has 0 aromatic heterocycles. The van der Waals surface area contributed by atoms with Crippen LogP contribution in [-0.2, 0) is 19.6 Å². The lowest BCUT2D eigenvalue weighted by molar-refractivity contribution is -0.121. The minimum Gasteiger partial charge on any atom is -0.444 e. The third-order valence-electron chi connectivity index (χ3n) is 2.96. The number of carbonyl (C=O) groups is 2. The number of hydrogen-bond donors (Lipinski definition) is 2. The van der Waals surface area contributed by atoms with Gasteiger partial charge in [-0.05, 0) is 57.4 Å². The van der Waals surface area contributed by atoms with Crippen molar-refractivity contribution in [1.29, 1.82) is 0 Å². The first-order chi connectivity index (χ1) is 11.9. The van der Waals surface area contributed by atoms with Gasteiger partial charge in [0.05, 0.1) is 4.90 Å². The van der Waals surface area contributed by atoms with Gasteiger partial charge in [-0.15, -0.1) is 0 Å². The number of amides is 2. The Balaban J connectivity index is 2.89. The maximum atomic E-state index is 12.4. The van der Waals surface area contributed by atoms with Gasteiger partial charge in [-0.1, -0.05) is 17.7 Å². The summed E-state index contributed by atoms with van der Waals surface area (Å²) in [7, 11) is -4.11.